The van der Waals surface area contributed by atoms with E-state index in [9.17, 15) is 4.79 Å². The molecular formula is C8H16N2O3. The van der Waals surface area contributed by atoms with Gasteiger partial charge in [-0.3, -0.25) is 4.79 Å². The Morgan fingerprint density at radius 3 is 3.00 bits per heavy atom. The van der Waals surface area contributed by atoms with E-state index < -0.39 is 5.54 Å². The van der Waals surface area contributed by atoms with Gasteiger partial charge in [-0.25, -0.2) is 0 Å². The first kappa shape index (κ1) is 10.4. The van der Waals surface area contributed by atoms with E-state index in [-0.39, 0.29) is 25.2 Å². The molecule has 0 bridgehead atoms. The molecule has 0 spiro atoms. The zero-order valence-electron chi connectivity index (χ0n) is 7.75. The molecular weight excluding hydrogens is 172 g/mol. The molecule has 4 N–H and O–H groups in total. The topological polar surface area (TPSA) is 84.6 Å². The van der Waals surface area contributed by atoms with Gasteiger partial charge in [0, 0.05) is 12.6 Å². The highest BCUT2D eigenvalue weighted by molar-refractivity contribution is 5.86. The SMILES string of the molecule is C[C@@H](CO)NC(=O)C1(N)CCOC1. The smallest absolute Gasteiger partial charge is 0.242 e. The summed E-state index contributed by atoms with van der Waals surface area (Å²) in [6.07, 6.45) is 0.539. The number of rotatable bonds is 3. The third-order valence-corrected chi connectivity index (χ3v) is 2.16. The Bertz CT molecular complexity index is 190. The number of aliphatic hydroxyl groups excluding tert-OH is 1. The minimum absolute atomic E-state index is 0.0807. The van der Waals surface area contributed by atoms with Crippen LogP contribution in [0.1, 0.15) is 13.3 Å². The first-order valence-corrected chi connectivity index (χ1v) is 4.37. The molecule has 1 rings (SSSR count). The maximum atomic E-state index is 11.5. The molecule has 13 heavy (non-hydrogen) atoms. The molecule has 0 aromatic carbocycles. The van der Waals surface area contributed by atoms with Crippen molar-refractivity contribution in [3.05, 3.63) is 0 Å². The summed E-state index contributed by atoms with van der Waals surface area (Å²) in [6, 6.07) is -0.256. The third-order valence-electron chi connectivity index (χ3n) is 2.16. The molecule has 0 radical (unpaired) electrons. The normalized spacial score (nSPS) is 30.1. The van der Waals surface area contributed by atoms with Gasteiger partial charge in [0.25, 0.3) is 0 Å². The number of hydrogen-bond acceptors (Lipinski definition) is 4. The Morgan fingerprint density at radius 2 is 2.54 bits per heavy atom. The summed E-state index contributed by atoms with van der Waals surface area (Å²) < 4.78 is 5.05. The van der Waals surface area contributed by atoms with Crippen molar-refractivity contribution < 1.29 is 14.6 Å². The summed E-state index contributed by atoms with van der Waals surface area (Å²) in [5, 5.41) is 11.3. The van der Waals surface area contributed by atoms with Crippen LogP contribution in [-0.4, -0.2) is 42.4 Å². The van der Waals surface area contributed by atoms with Gasteiger partial charge in [0.15, 0.2) is 0 Å². The number of carbonyl (C=O) groups excluding carboxylic acids is 1. The molecule has 0 aliphatic carbocycles. The van der Waals surface area contributed by atoms with Crippen molar-refractivity contribution in [2.75, 3.05) is 19.8 Å². The fourth-order valence-electron chi connectivity index (χ4n) is 1.17. The Labute approximate surface area is 77.2 Å². The van der Waals surface area contributed by atoms with E-state index in [1.165, 1.54) is 0 Å². The van der Waals surface area contributed by atoms with E-state index in [0.29, 0.717) is 13.0 Å². The van der Waals surface area contributed by atoms with Crippen molar-refractivity contribution in [2.45, 2.75) is 24.9 Å². The zero-order valence-corrected chi connectivity index (χ0v) is 7.75. The van der Waals surface area contributed by atoms with Gasteiger partial charge in [-0.05, 0) is 13.3 Å². The van der Waals surface area contributed by atoms with Crippen LogP contribution in [0.2, 0.25) is 0 Å². The fraction of sp³-hybridized carbons (Fsp3) is 0.875. The van der Waals surface area contributed by atoms with Gasteiger partial charge in [0.05, 0.1) is 13.2 Å². The molecule has 1 saturated heterocycles. The first-order valence-electron chi connectivity index (χ1n) is 4.37. The van der Waals surface area contributed by atoms with Crippen LogP contribution in [0.25, 0.3) is 0 Å². The lowest BCUT2D eigenvalue weighted by atomic mass is 9.99. The average molecular weight is 188 g/mol. The lowest BCUT2D eigenvalue weighted by molar-refractivity contribution is -0.127. The van der Waals surface area contributed by atoms with Crippen LogP contribution in [0.15, 0.2) is 0 Å². The van der Waals surface area contributed by atoms with E-state index in [4.69, 9.17) is 15.6 Å². The molecule has 1 aliphatic rings. The minimum Gasteiger partial charge on any atom is -0.394 e. The van der Waals surface area contributed by atoms with Gasteiger partial charge in [0.1, 0.15) is 5.54 Å². The monoisotopic (exact) mass is 188 g/mol. The predicted octanol–water partition coefficient (Wildman–Crippen LogP) is -1.40. The molecule has 1 amide bonds. The number of aliphatic hydroxyl groups is 1. The van der Waals surface area contributed by atoms with Gasteiger partial charge in [-0.1, -0.05) is 0 Å². The van der Waals surface area contributed by atoms with E-state index in [1.807, 2.05) is 0 Å². The molecule has 1 fully saturated rings. The molecule has 76 valence electrons. The maximum Gasteiger partial charge on any atom is 0.242 e. The first-order chi connectivity index (χ1) is 6.08. The second-order valence-electron chi connectivity index (χ2n) is 3.52. The zero-order chi connectivity index (χ0) is 9.90. The van der Waals surface area contributed by atoms with Gasteiger partial charge in [0.2, 0.25) is 5.91 Å². The van der Waals surface area contributed by atoms with Crippen LogP contribution in [0.5, 0.6) is 0 Å². The highest BCUT2D eigenvalue weighted by Crippen LogP contribution is 2.15. The Hall–Kier alpha value is -0.650. The number of ether oxygens (including phenoxy) is 1. The van der Waals surface area contributed by atoms with Crippen LogP contribution in [0, 0.1) is 0 Å². The summed E-state index contributed by atoms with van der Waals surface area (Å²) in [6.45, 7) is 2.42. The van der Waals surface area contributed by atoms with Crippen LogP contribution >= 0.6 is 0 Å². The Balaban J connectivity index is 2.46. The van der Waals surface area contributed by atoms with Crippen molar-refractivity contribution in [2.24, 2.45) is 5.73 Å². The number of hydrogen-bond donors (Lipinski definition) is 3. The Kier molecular flexibility index (Phi) is 3.24. The van der Waals surface area contributed by atoms with Gasteiger partial charge < -0.3 is 20.9 Å². The van der Waals surface area contributed by atoms with E-state index in [2.05, 4.69) is 5.32 Å². The molecule has 0 aromatic rings. The van der Waals surface area contributed by atoms with Gasteiger partial charge >= 0.3 is 0 Å². The highest BCUT2D eigenvalue weighted by atomic mass is 16.5. The standard InChI is InChI=1S/C8H16N2O3/c1-6(4-11)10-7(12)8(9)2-3-13-5-8/h6,11H,2-5,9H2,1H3,(H,10,12)/t6-,8?/m0/s1. The van der Waals surface area contributed by atoms with Crippen LogP contribution in [0.4, 0.5) is 0 Å². The molecule has 2 atom stereocenters. The predicted molar refractivity (Wildman–Crippen MR) is 47.0 cm³/mol. The second kappa shape index (κ2) is 4.04. The second-order valence-corrected chi connectivity index (χ2v) is 3.52. The van der Waals surface area contributed by atoms with Crippen molar-refractivity contribution in [1.29, 1.82) is 0 Å². The Morgan fingerprint density at radius 1 is 1.85 bits per heavy atom. The molecule has 1 unspecified atom stereocenters. The van der Waals surface area contributed by atoms with Crippen molar-refractivity contribution in [1.82, 2.24) is 5.32 Å². The summed E-state index contributed by atoms with van der Waals surface area (Å²) >= 11 is 0. The lowest BCUT2D eigenvalue weighted by Crippen LogP contribution is -2.56. The number of nitrogens with one attached hydrogen (secondary N) is 1. The molecule has 1 aliphatic heterocycles. The van der Waals surface area contributed by atoms with Gasteiger partial charge in [-0.2, -0.15) is 0 Å². The van der Waals surface area contributed by atoms with Crippen LogP contribution in [0.3, 0.4) is 0 Å². The minimum atomic E-state index is -0.899. The summed E-state index contributed by atoms with van der Waals surface area (Å²) in [7, 11) is 0. The highest BCUT2D eigenvalue weighted by Gasteiger charge is 2.38. The van der Waals surface area contributed by atoms with Crippen LogP contribution < -0.4 is 11.1 Å². The molecule has 0 aromatic heterocycles. The fourth-order valence-corrected chi connectivity index (χ4v) is 1.17. The number of amides is 1. The summed E-state index contributed by atoms with van der Waals surface area (Å²) in [5.74, 6) is -0.244. The largest absolute Gasteiger partial charge is 0.394 e. The third kappa shape index (κ3) is 2.40. The van der Waals surface area contributed by atoms with Crippen molar-refractivity contribution >= 4 is 5.91 Å². The van der Waals surface area contributed by atoms with E-state index >= 15 is 0 Å². The van der Waals surface area contributed by atoms with E-state index in [0.717, 1.165) is 0 Å². The van der Waals surface area contributed by atoms with Crippen molar-refractivity contribution in [3.63, 3.8) is 0 Å². The summed E-state index contributed by atoms with van der Waals surface area (Å²) in [5.41, 5.74) is 4.89. The number of carbonyl (C=O) groups is 1. The summed E-state index contributed by atoms with van der Waals surface area (Å²) in [4.78, 5) is 11.5. The molecule has 1 heterocycles. The van der Waals surface area contributed by atoms with E-state index in [1.54, 1.807) is 6.92 Å². The average Bonchev–Trinajstić information content (AvgIpc) is 2.53. The lowest BCUT2D eigenvalue weighted by Gasteiger charge is -2.22. The van der Waals surface area contributed by atoms with Crippen LogP contribution in [-0.2, 0) is 9.53 Å². The molecule has 5 nitrogen and oxygen atoms in total. The van der Waals surface area contributed by atoms with Gasteiger partial charge in [-0.15, -0.1) is 0 Å². The quantitative estimate of drug-likeness (QED) is 0.508. The maximum absolute atomic E-state index is 11.5. The van der Waals surface area contributed by atoms with Crippen molar-refractivity contribution in [3.8, 4) is 0 Å². The molecule has 0 saturated carbocycles. The molecule has 5 heteroatoms. The number of nitrogens with two attached hydrogens (primary N) is 1.